The summed E-state index contributed by atoms with van der Waals surface area (Å²) < 4.78 is 28.4. The molecule has 2 fully saturated rings. The van der Waals surface area contributed by atoms with Gasteiger partial charge in [0.25, 0.3) is 0 Å². The highest BCUT2D eigenvalue weighted by Gasteiger charge is 2.43. The third-order valence-electron chi connectivity index (χ3n) is 5.27. The van der Waals surface area contributed by atoms with Gasteiger partial charge in [0, 0.05) is 6.54 Å². The first-order chi connectivity index (χ1) is 12.0. The van der Waals surface area contributed by atoms with Crippen LogP contribution in [0.2, 0.25) is 0 Å². The lowest BCUT2D eigenvalue weighted by molar-refractivity contribution is 0.0385. The summed E-state index contributed by atoms with van der Waals surface area (Å²) in [7, 11) is -1.69. The highest BCUT2D eigenvalue weighted by molar-refractivity contribution is 7.53. The Morgan fingerprint density at radius 3 is 2.44 bits per heavy atom. The van der Waals surface area contributed by atoms with Crippen molar-refractivity contribution in [1.29, 1.82) is 5.26 Å². The van der Waals surface area contributed by atoms with Crippen LogP contribution in [0.5, 0.6) is 0 Å². The van der Waals surface area contributed by atoms with Crippen LogP contribution in [0.3, 0.4) is 0 Å². The molecule has 0 bridgehead atoms. The zero-order valence-electron chi connectivity index (χ0n) is 15.3. The van der Waals surface area contributed by atoms with E-state index in [1.165, 1.54) is 7.11 Å². The molecule has 1 aliphatic heterocycles. The molecule has 2 aliphatic rings. The number of nitrogens with zero attached hydrogens (tertiary/aromatic N) is 2. The lowest BCUT2D eigenvalue weighted by atomic mass is 9.70. The summed E-state index contributed by atoms with van der Waals surface area (Å²) in [6.45, 7) is 4.96. The van der Waals surface area contributed by atoms with E-state index >= 15 is 0 Å². The Labute approximate surface area is 150 Å². The topological polar surface area (TPSA) is 88.9 Å². The van der Waals surface area contributed by atoms with Gasteiger partial charge in [0.2, 0.25) is 0 Å². The fraction of sp³-hybridized carbons (Fsp3) is 0.882. The maximum absolute atomic E-state index is 12.8. The summed E-state index contributed by atoms with van der Waals surface area (Å²) in [6.07, 6.45) is 3.47. The van der Waals surface area contributed by atoms with E-state index in [4.69, 9.17) is 13.8 Å². The third kappa shape index (κ3) is 4.97. The maximum atomic E-state index is 12.8. The number of amides is 1. The normalized spacial score (nSPS) is 29.6. The molecule has 0 aromatic carbocycles. The number of methoxy groups -OCH3 is 1. The minimum atomic E-state index is -3.04. The van der Waals surface area contributed by atoms with Gasteiger partial charge in [0.15, 0.2) is 0 Å². The van der Waals surface area contributed by atoms with Gasteiger partial charge in [0.05, 0.1) is 32.6 Å². The van der Waals surface area contributed by atoms with Gasteiger partial charge in [0.1, 0.15) is 6.04 Å². The van der Waals surface area contributed by atoms with Crippen LogP contribution in [0.25, 0.3) is 0 Å². The number of fused-ring (bicyclic) bond motifs is 1. The zero-order chi connectivity index (χ0) is 18.4. The van der Waals surface area contributed by atoms with Crippen molar-refractivity contribution in [2.45, 2.75) is 45.6 Å². The third-order valence-corrected chi connectivity index (χ3v) is 7.54. The fourth-order valence-electron chi connectivity index (χ4n) is 4.21. The molecule has 2 rings (SSSR count). The molecule has 0 aromatic heterocycles. The molecule has 7 nitrogen and oxygen atoms in total. The summed E-state index contributed by atoms with van der Waals surface area (Å²) in [4.78, 5) is 13.4. The molecule has 1 heterocycles. The van der Waals surface area contributed by atoms with Crippen molar-refractivity contribution in [3.05, 3.63) is 0 Å². The van der Waals surface area contributed by atoms with Gasteiger partial charge >= 0.3 is 13.7 Å². The van der Waals surface area contributed by atoms with E-state index in [0.29, 0.717) is 44.2 Å². The van der Waals surface area contributed by atoms with Crippen LogP contribution in [0, 0.1) is 29.1 Å². The van der Waals surface area contributed by atoms with E-state index in [9.17, 15) is 14.6 Å². The Balaban J connectivity index is 2.00. The molecule has 4 unspecified atom stereocenters. The van der Waals surface area contributed by atoms with E-state index in [0.717, 1.165) is 19.3 Å². The van der Waals surface area contributed by atoms with Gasteiger partial charge in [-0.25, -0.2) is 4.79 Å². The van der Waals surface area contributed by atoms with Crippen LogP contribution in [0.1, 0.15) is 39.5 Å². The molecule has 0 spiro atoms. The second kappa shape index (κ2) is 9.02. The van der Waals surface area contributed by atoms with Crippen LogP contribution in [0.4, 0.5) is 4.79 Å². The SMILES string of the molecule is CCOP(=O)(CC1CCC2CN(C(=O)OC)C(C#N)CC2C1)OCC. The van der Waals surface area contributed by atoms with Crippen LogP contribution in [0.15, 0.2) is 0 Å². The number of hydrogen-bond acceptors (Lipinski definition) is 6. The lowest BCUT2D eigenvalue weighted by Gasteiger charge is -2.45. The maximum Gasteiger partial charge on any atom is 0.410 e. The van der Waals surface area contributed by atoms with Crippen molar-refractivity contribution >= 4 is 13.7 Å². The predicted octanol–water partition coefficient (Wildman–Crippen LogP) is 3.65. The molecular weight excluding hydrogens is 343 g/mol. The molecule has 142 valence electrons. The van der Waals surface area contributed by atoms with E-state index in [1.54, 1.807) is 4.90 Å². The van der Waals surface area contributed by atoms with Gasteiger partial charge in [-0.3, -0.25) is 9.46 Å². The second-order valence-electron chi connectivity index (χ2n) is 6.83. The fourth-order valence-corrected chi connectivity index (χ4v) is 6.24. The minimum Gasteiger partial charge on any atom is -0.453 e. The average Bonchev–Trinajstić information content (AvgIpc) is 2.60. The van der Waals surface area contributed by atoms with Crippen molar-refractivity contribution in [3.63, 3.8) is 0 Å². The van der Waals surface area contributed by atoms with E-state index in [1.807, 2.05) is 13.8 Å². The number of piperidine rings is 1. The molecule has 0 aromatic rings. The van der Waals surface area contributed by atoms with Crippen LogP contribution < -0.4 is 0 Å². The number of rotatable bonds is 6. The first kappa shape index (κ1) is 20.2. The van der Waals surface area contributed by atoms with Gasteiger partial charge in [-0.05, 0) is 57.3 Å². The molecule has 1 saturated heterocycles. The summed E-state index contributed by atoms with van der Waals surface area (Å²) in [5.41, 5.74) is 0. The summed E-state index contributed by atoms with van der Waals surface area (Å²) in [5, 5.41) is 9.40. The minimum absolute atomic E-state index is 0.272. The van der Waals surface area contributed by atoms with Crippen LogP contribution in [-0.2, 0) is 18.3 Å². The number of ether oxygens (including phenoxy) is 1. The molecule has 25 heavy (non-hydrogen) atoms. The molecule has 1 amide bonds. The summed E-state index contributed by atoms with van der Waals surface area (Å²) in [5.74, 6) is 1.01. The predicted molar refractivity (Wildman–Crippen MR) is 93.2 cm³/mol. The summed E-state index contributed by atoms with van der Waals surface area (Å²) >= 11 is 0. The monoisotopic (exact) mass is 372 g/mol. The quantitative estimate of drug-likeness (QED) is 0.661. The Kier molecular flexibility index (Phi) is 7.30. The van der Waals surface area contributed by atoms with Crippen molar-refractivity contribution < 1.29 is 23.1 Å². The number of hydrogen-bond donors (Lipinski definition) is 0. The number of carbonyl (C=O) groups is 1. The molecular formula is C17H29N2O5P. The van der Waals surface area contributed by atoms with E-state index in [2.05, 4.69) is 6.07 Å². The first-order valence-corrected chi connectivity index (χ1v) is 10.8. The van der Waals surface area contributed by atoms with Crippen molar-refractivity contribution in [1.82, 2.24) is 4.90 Å². The molecule has 0 radical (unpaired) electrons. The number of likely N-dealkylation sites (tertiary alicyclic amines) is 1. The lowest BCUT2D eigenvalue weighted by Crippen LogP contribution is -2.51. The van der Waals surface area contributed by atoms with Crippen molar-refractivity contribution in [3.8, 4) is 6.07 Å². The number of nitriles is 1. The van der Waals surface area contributed by atoms with Gasteiger partial charge < -0.3 is 13.8 Å². The van der Waals surface area contributed by atoms with Crippen molar-refractivity contribution in [2.24, 2.45) is 17.8 Å². The van der Waals surface area contributed by atoms with Gasteiger partial charge in [-0.2, -0.15) is 5.26 Å². The van der Waals surface area contributed by atoms with E-state index in [-0.39, 0.29) is 5.92 Å². The van der Waals surface area contributed by atoms with Crippen molar-refractivity contribution in [2.75, 3.05) is 33.0 Å². The Morgan fingerprint density at radius 2 is 1.88 bits per heavy atom. The molecule has 8 heteroatoms. The standard InChI is InChI=1S/C17H29N2O5P/c1-4-23-25(21,24-5-2)12-13-6-7-14-11-19(17(20)22-3)16(10-18)9-15(14)8-13/h13-16H,4-9,11-12H2,1-3H3. The zero-order valence-corrected chi connectivity index (χ0v) is 16.2. The smallest absolute Gasteiger partial charge is 0.410 e. The molecule has 4 atom stereocenters. The molecule has 1 saturated carbocycles. The van der Waals surface area contributed by atoms with E-state index < -0.39 is 19.7 Å². The summed E-state index contributed by atoms with van der Waals surface area (Å²) in [6, 6.07) is 1.78. The Bertz CT molecular complexity index is 540. The Hall–Kier alpha value is -1.09. The highest BCUT2D eigenvalue weighted by atomic mass is 31.2. The molecule has 0 N–H and O–H groups in total. The van der Waals surface area contributed by atoms with Crippen LogP contribution in [-0.4, -0.2) is 50.1 Å². The highest BCUT2D eigenvalue weighted by Crippen LogP contribution is 2.53. The molecule has 1 aliphatic carbocycles. The Morgan fingerprint density at radius 1 is 1.20 bits per heavy atom. The average molecular weight is 372 g/mol. The first-order valence-electron chi connectivity index (χ1n) is 9.08. The largest absolute Gasteiger partial charge is 0.453 e. The second-order valence-corrected chi connectivity index (χ2v) is 8.93. The number of carbonyl (C=O) groups excluding carboxylic acids is 1. The van der Waals surface area contributed by atoms with Gasteiger partial charge in [-0.1, -0.05) is 0 Å². The van der Waals surface area contributed by atoms with Gasteiger partial charge in [-0.15, -0.1) is 0 Å². The van der Waals surface area contributed by atoms with Crippen LogP contribution >= 0.6 is 7.60 Å².